The van der Waals surface area contributed by atoms with Crippen LogP contribution in [-0.2, 0) is 9.53 Å². The SMILES string of the molecule is CCCC(NC(=O)NCC(OC)C(=O)O)c1cccs1. The van der Waals surface area contributed by atoms with Crippen molar-refractivity contribution in [2.45, 2.75) is 31.9 Å². The molecule has 1 aromatic rings. The van der Waals surface area contributed by atoms with E-state index >= 15 is 0 Å². The molecule has 1 heterocycles. The first kappa shape index (κ1) is 16.5. The van der Waals surface area contributed by atoms with E-state index in [1.807, 2.05) is 24.4 Å². The Morgan fingerprint density at radius 3 is 2.75 bits per heavy atom. The molecule has 0 radical (unpaired) electrons. The van der Waals surface area contributed by atoms with Crippen LogP contribution in [0.2, 0.25) is 0 Å². The maximum absolute atomic E-state index is 11.8. The van der Waals surface area contributed by atoms with Crippen molar-refractivity contribution in [3.63, 3.8) is 0 Å². The van der Waals surface area contributed by atoms with Crippen LogP contribution < -0.4 is 10.6 Å². The van der Waals surface area contributed by atoms with Gasteiger partial charge in [-0.3, -0.25) is 0 Å². The number of urea groups is 1. The lowest BCUT2D eigenvalue weighted by Crippen LogP contribution is -2.43. The summed E-state index contributed by atoms with van der Waals surface area (Å²) in [5.74, 6) is -1.10. The van der Waals surface area contributed by atoms with Crippen molar-refractivity contribution in [2.24, 2.45) is 0 Å². The van der Waals surface area contributed by atoms with E-state index in [0.29, 0.717) is 0 Å². The van der Waals surface area contributed by atoms with Crippen molar-refractivity contribution in [3.8, 4) is 0 Å². The molecule has 3 N–H and O–H groups in total. The number of nitrogens with one attached hydrogen (secondary N) is 2. The number of carboxylic acid groups (broad SMARTS) is 1. The second-order valence-electron chi connectivity index (χ2n) is 4.27. The summed E-state index contributed by atoms with van der Waals surface area (Å²) in [4.78, 5) is 23.6. The van der Waals surface area contributed by atoms with E-state index in [4.69, 9.17) is 9.84 Å². The molecule has 2 atom stereocenters. The molecule has 0 bridgehead atoms. The van der Waals surface area contributed by atoms with E-state index in [2.05, 4.69) is 10.6 Å². The van der Waals surface area contributed by atoms with E-state index in [-0.39, 0.29) is 18.6 Å². The number of carbonyl (C=O) groups is 2. The Labute approximate surface area is 122 Å². The average molecular weight is 300 g/mol. The highest BCUT2D eigenvalue weighted by molar-refractivity contribution is 7.10. The van der Waals surface area contributed by atoms with Crippen LogP contribution in [0.15, 0.2) is 17.5 Å². The molecule has 20 heavy (non-hydrogen) atoms. The molecule has 0 aliphatic carbocycles. The third-order valence-corrected chi connectivity index (χ3v) is 3.76. The smallest absolute Gasteiger partial charge is 0.334 e. The van der Waals surface area contributed by atoms with E-state index in [1.54, 1.807) is 11.3 Å². The molecule has 112 valence electrons. The first-order valence-electron chi connectivity index (χ1n) is 6.41. The molecule has 0 spiro atoms. The van der Waals surface area contributed by atoms with Crippen LogP contribution in [-0.4, -0.2) is 36.9 Å². The zero-order valence-corrected chi connectivity index (χ0v) is 12.4. The molecular weight excluding hydrogens is 280 g/mol. The Balaban J connectivity index is 2.48. The van der Waals surface area contributed by atoms with Gasteiger partial charge in [-0.2, -0.15) is 0 Å². The number of ether oxygens (including phenoxy) is 1. The summed E-state index contributed by atoms with van der Waals surface area (Å²) in [7, 11) is 1.30. The second-order valence-corrected chi connectivity index (χ2v) is 5.25. The van der Waals surface area contributed by atoms with Crippen LogP contribution in [0.1, 0.15) is 30.7 Å². The summed E-state index contributed by atoms with van der Waals surface area (Å²) in [5, 5.41) is 16.1. The van der Waals surface area contributed by atoms with Crippen LogP contribution in [0.3, 0.4) is 0 Å². The lowest BCUT2D eigenvalue weighted by Gasteiger charge is -2.18. The summed E-state index contributed by atoms with van der Waals surface area (Å²) in [6.45, 7) is 1.98. The van der Waals surface area contributed by atoms with Crippen molar-refractivity contribution in [1.82, 2.24) is 10.6 Å². The quantitative estimate of drug-likeness (QED) is 0.685. The lowest BCUT2D eigenvalue weighted by molar-refractivity contribution is -0.147. The molecule has 0 aromatic carbocycles. The maximum atomic E-state index is 11.8. The molecule has 6 nitrogen and oxygen atoms in total. The normalized spacial score (nSPS) is 13.5. The van der Waals surface area contributed by atoms with Crippen LogP contribution in [0.25, 0.3) is 0 Å². The van der Waals surface area contributed by atoms with Crippen molar-refractivity contribution in [3.05, 3.63) is 22.4 Å². The first-order chi connectivity index (χ1) is 9.58. The van der Waals surface area contributed by atoms with Crippen LogP contribution >= 0.6 is 11.3 Å². The lowest BCUT2D eigenvalue weighted by atomic mass is 10.1. The van der Waals surface area contributed by atoms with Crippen molar-refractivity contribution in [2.75, 3.05) is 13.7 Å². The summed E-state index contributed by atoms with van der Waals surface area (Å²) in [6, 6.07) is 3.47. The molecule has 0 saturated carbocycles. The van der Waals surface area contributed by atoms with E-state index in [0.717, 1.165) is 17.7 Å². The van der Waals surface area contributed by atoms with Gasteiger partial charge in [0.05, 0.1) is 12.6 Å². The molecule has 1 aromatic heterocycles. The number of carboxylic acids is 1. The molecule has 2 unspecified atom stereocenters. The molecule has 0 aliphatic heterocycles. The maximum Gasteiger partial charge on any atom is 0.334 e. The number of amides is 2. The Hall–Kier alpha value is -1.60. The topological polar surface area (TPSA) is 87.7 Å². The van der Waals surface area contributed by atoms with Gasteiger partial charge in [0.15, 0.2) is 6.10 Å². The minimum absolute atomic E-state index is 0.0502. The Morgan fingerprint density at radius 1 is 1.50 bits per heavy atom. The highest BCUT2D eigenvalue weighted by Crippen LogP contribution is 2.22. The van der Waals surface area contributed by atoms with E-state index in [1.165, 1.54) is 7.11 Å². The number of rotatable bonds is 8. The Morgan fingerprint density at radius 2 is 2.25 bits per heavy atom. The van der Waals surface area contributed by atoms with E-state index in [9.17, 15) is 9.59 Å². The largest absolute Gasteiger partial charge is 0.479 e. The molecule has 0 fully saturated rings. The van der Waals surface area contributed by atoms with E-state index < -0.39 is 12.1 Å². The highest BCUT2D eigenvalue weighted by atomic mass is 32.1. The molecule has 7 heteroatoms. The number of hydrogen-bond donors (Lipinski definition) is 3. The predicted molar refractivity (Wildman–Crippen MR) is 76.9 cm³/mol. The van der Waals surface area contributed by atoms with Crippen LogP contribution in [0.5, 0.6) is 0 Å². The van der Waals surface area contributed by atoms with Gasteiger partial charge in [0.2, 0.25) is 0 Å². The zero-order valence-electron chi connectivity index (χ0n) is 11.6. The zero-order chi connectivity index (χ0) is 15.0. The molecule has 0 aliphatic rings. The van der Waals surface area contributed by atoms with Gasteiger partial charge in [-0.05, 0) is 17.9 Å². The average Bonchev–Trinajstić information content (AvgIpc) is 2.92. The summed E-state index contributed by atoms with van der Waals surface area (Å²) < 4.78 is 4.75. The molecule has 2 amide bonds. The van der Waals surface area contributed by atoms with Gasteiger partial charge in [0.25, 0.3) is 0 Å². The van der Waals surface area contributed by atoms with Gasteiger partial charge in [0.1, 0.15) is 0 Å². The highest BCUT2D eigenvalue weighted by Gasteiger charge is 2.19. The number of thiophene rings is 1. The van der Waals surface area contributed by atoms with Crippen molar-refractivity contribution in [1.29, 1.82) is 0 Å². The van der Waals surface area contributed by atoms with Gasteiger partial charge < -0.3 is 20.5 Å². The minimum Gasteiger partial charge on any atom is -0.479 e. The predicted octanol–water partition coefficient (Wildman–Crippen LogP) is 1.99. The van der Waals surface area contributed by atoms with Crippen LogP contribution in [0, 0.1) is 0 Å². The van der Waals surface area contributed by atoms with Gasteiger partial charge in [0, 0.05) is 12.0 Å². The fourth-order valence-corrected chi connectivity index (χ4v) is 2.54. The summed E-state index contributed by atoms with van der Waals surface area (Å²) in [6.07, 6.45) is 0.742. The standard InChI is InChI=1S/C13H20N2O4S/c1-3-5-9(11-6-4-7-20-11)15-13(18)14-8-10(19-2)12(16)17/h4,6-7,9-10H,3,5,8H2,1-2H3,(H,16,17)(H2,14,15,18). The third kappa shape index (κ3) is 5.18. The minimum atomic E-state index is -1.10. The molecule has 0 saturated heterocycles. The first-order valence-corrected chi connectivity index (χ1v) is 7.29. The summed E-state index contributed by atoms with van der Waals surface area (Å²) in [5.41, 5.74) is 0. The number of methoxy groups -OCH3 is 1. The third-order valence-electron chi connectivity index (χ3n) is 2.78. The van der Waals surface area contributed by atoms with Gasteiger partial charge in [-0.15, -0.1) is 11.3 Å². The summed E-state index contributed by atoms with van der Waals surface area (Å²) >= 11 is 1.59. The number of carbonyl (C=O) groups excluding carboxylic acids is 1. The Kier molecular flexibility index (Phi) is 7.03. The Bertz CT molecular complexity index is 422. The van der Waals surface area contributed by atoms with Gasteiger partial charge >= 0.3 is 12.0 Å². The van der Waals surface area contributed by atoms with Gasteiger partial charge in [-0.25, -0.2) is 9.59 Å². The van der Waals surface area contributed by atoms with Crippen molar-refractivity contribution < 1.29 is 19.4 Å². The molecule has 1 rings (SSSR count). The molecular formula is C13H20N2O4S. The van der Waals surface area contributed by atoms with Gasteiger partial charge in [-0.1, -0.05) is 19.4 Å². The number of aliphatic carboxylic acids is 1. The number of hydrogen-bond acceptors (Lipinski definition) is 4. The second kappa shape index (κ2) is 8.55. The monoisotopic (exact) mass is 300 g/mol. The van der Waals surface area contributed by atoms with Crippen molar-refractivity contribution >= 4 is 23.3 Å². The fraction of sp³-hybridized carbons (Fsp3) is 0.538. The fourth-order valence-electron chi connectivity index (χ4n) is 1.73. The van der Waals surface area contributed by atoms with Crippen LogP contribution in [0.4, 0.5) is 4.79 Å².